The summed E-state index contributed by atoms with van der Waals surface area (Å²) in [6.45, 7) is 0. The van der Waals surface area contributed by atoms with Gasteiger partial charge in [0.25, 0.3) is 0 Å². The second kappa shape index (κ2) is 4.55. The number of nitrogens with zero attached hydrogens (tertiary/aromatic N) is 1. The van der Waals surface area contributed by atoms with E-state index >= 15 is 0 Å². The van der Waals surface area contributed by atoms with Gasteiger partial charge in [-0.25, -0.2) is 13.4 Å². The molecule has 2 aromatic rings. The predicted molar refractivity (Wildman–Crippen MR) is 61.6 cm³/mol. The predicted octanol–water partition coefficient (Wildman–Crippen LogP) is 1.92. The average Bonchev–Trinajstić information content (AvgIpc) is 2.69. The standard InChI is InChI=1S/C10H9NO2S2/c12-15(13)7-8-2-1-3-9(6-8)10-11-4-5-14-10/h1-6,15H,7H2. The molecule has 1 aromatic heterocycles. The second-order valence-corrected chi connectivity index (χ2v) is 4.90. The normalized spacial score (nSPS) is 10.7. The molecule has 0 bridgehead atoms. The van der Waals surface area contributed by atoms with E-state index in [1.54, 1.807) is 17.5 Å². The van der Waals surface area contributed by atoms with Crippen LogP contribution in [-0.4, -0.2) is 13.4 Å². The summed E-state index contributed by atoms with van der Waals surface area (Å²) in [6, 6.07) is 7.46. The first-order chi connectivity index (χ1) is 7.25. The molecule has 0 amide bonds. The van der Waals surface area contributed by atoms with Crippen LogP contribution < -0.4 is 0 Å². The van der Waals surface area contributed by atoms with Gasteiger partial charge in [-0.2, -0.15) is 0 Å². The number of thiol groups is 1. The average molecular weight is 239 g/mol. The highest BCUT2D eigenvalue weighted by Crippen LogP contribution is 2.22. The second-order valence-electron chi connectivity index (χ2n) is 3.03. The molecule has 1 aromatic carbocycles. The summed E-state index contributed by atoms with van der Waals surface area (Å²) in [5.41, 5.74) is 1.78. The van der Waals surface area contributed by atoms with E-state index in [1.807, 2.05) is 29.6 Å². The van der Waals surface area contributed by atoms with Crippen LogP contribution in [0.3, 0.4) is 0 Å². The van der Waals surface area contributed by atoms with Crippen molar-refractivity contribution in [2.24, 2.45) is 0 Å². The third kappa shape index (κ3) is 2.64. The van der Waals surface area contributed by atoms with Crippen LogP contribution in [0.1, 0.15) is 5.56 Å². The first kappa shape index (κ1) is 10.3. The van der Waals surface area contributed by atoms with E-state index in [9.17, 15) is 8.42 Å². The highest BCUT2D eigenvalue weighted by molar-refractivity contribution is 7.71. The van der Waals surface area contributed by atoms with Crippen LogP contribution in [0, 0.1) is 0 Å². The lowest BCUT2D eigenvalue weighted by Gasteiger charge is -1.99. The number of benzene rings is 1. The summed E-state index contributed by atoms with van der Waals surface area (Å²) < 4.78 is 21.2. The fraction of sp³-hybridized carbons (Fsp3) is 0.100. The minimum Gasteiger partial charge on any atom is -0.245 e. The molecule has 0 aliphatic rings. The Balaban J connectivity index is 2.35. The van der Waals surface area contributed by atoms with Crippen LogP contribution in [0.25, 0.3) is 10.6 Å². The van der Waals surface area contributed by atoms with E-state index < -0.39 is 10.7 Å². The quantitative estimate of drug-likeness (QED) is 0.832. The van der Waals surface area contributed by atoms with Gasteiger partial charge in [0.1, 0.15) is 15.7 Å². The van der Waals surface area contributed by atoms with E-state index in [4.69, 9.17) is 0 Å². The minimum atomic E-state index is -2.36. The van der Waals surface area contributed by atoms with Crippen LogP contribution in [-0.2, 0) is 16.5 Å². The highest BCUT2D eigenvalue weighted by atomic mass is 32.2. The zero-order valence-corrected chi connectivity index (χ0v) is 9.50. The Hall–Kier alpha value is -1.20. The van der Waals surface area contributed by atoms with Gasteiger partial charge in [0.2, 0.25) is 0 Å². The van der Waals surface area contributed by atoms with Crippen molar-refractivity contribution in [2.75, 3.05) is 0 Å². The van der Waals surface area contributed by atoms with Gasteiger partial charge < -0.3 is 0 Å². The fourth-order valence-corrected chi connectivity index (χ4v) is 2.45. The number of hydrogen-bond acceptors (Lipinski definition) is 4. The molecule has 5 heteroatoms. The Morgan fingerprint density at radius 2 is 2.20 bits per heavy atom. The Morgan fingerprint density at radius 1 is 1.33 bits per heavy atom. The largest absolute Gasteiger partial charge is 0.245 e. The first-order valence-electron chi connectivity index (χ1n) is 4.36. The Morgan fingerprint density at radius 3 is 2.87 bits per heavy atom. The van der Waals surface area contributed by atoms with Gasteiger partial charge in [-0.05, 0) is 11.6 Å². The maximum atomic E-state index is 10.6. The number of thiazole rings is 1. The minimum absolute atomic E-state index is 0.0918. The number of aromatic nitrogens is 1. The summed E-state index contributed by atoms with van der Waals surface area (Å²) >= 11 is 1.54. The lowest BCUT2D eigenvalue weighted by molar-refractivity contribution is 0.614. The summed E-state index contributed by atoms with van der Waals surface area (Å²) in [5.74, 6) is 0.0918. The molecular weight excluding hydrogens is 230 g/mol. The van der Waals surface area contributed by atoms with Crippen LogP contribution in [0.4, 0.5) is 0 Å². The van der Waals surface area contributed by atoms with Crippen molar-refractivity contribution in [1.29, 1.82) is 0 Å². The van der Waals surface area contributed by atoms with Gasteiger partial charge in [0.15, 0.2) is 0 Å². The van der Waals surface area contributed by atoms with E-state index in [1.165, 1.54) is 0 Å². The monoisotopic (exact) mass is 239 g/mol. The van der Waals surface area contributed by atoms with Crippen molar-refractivity contribution in [3.8, 4) is 10.6 Å². The molecule has 0 spiro atoms. The van der Waals surface area contributed by atoms with Gasteiger partial charge in [-0.1, -0.05) is 18.2 Å². The molecule has 1 heterocycles. The van der Waals surface area contributed by atoms with Crippen LogP contribution >= 0.6 is 11.3 Å². The van der Waals surface area contributed by atoms with Crippen LogP contribution in [0.2, 0.25) is 0 Å². The van der Waals surface area contributed by atoms with Crippen molar-refractivity contribution in [3.05, 3.63) is 41.4 Å². The molecule has 0 saturated heterocycles. The van der Waals surface area contributed by atoms with E-state index in [-0.39, 0.29) is 5.75 Å². The molecule has 78 valence electrons. The maximum absolute atomic E-state index is 10.6. The zero-order chi connectivity index (χ0) is 10.7. The molecule has 0 aliphatic carbocycles. The third-order valence-corrected chi connectivity index (χ3v) is 3.36. The van der Waals surface area contributed by atoms with Gasteiger partial charge in [-0.15, -0.1) is 11.3 Å². The van der Waals surface area contributed by atoms with E-state index in [0.717, 1.165) is 16.1 Å². The SMILES string of the molecule is O=[SH](=O)Cc1cccc(-c2nccs2)c1. The Labute approximate surface area is 93.4 Å². The molecule has 0 unspecified atom stereocenters. The van der Waals surface area contributed by atoms with E-state index in [0.29, 0.717) is 0 Å². The number of rotatable bonds is 3. The smallest absolute Gasteiger partial charge is 0.144 e. The Kier molecular flexibility index (Phi) is 3.13. The third-order valence-electron chi connectivity index (χ3n) is 1.92. The number of hydrogen-bond donors (Lipinski definition) is 1. The molecular formula is C10H9NO2S2. The topological polar surface area (TPSA) is 47.0 Å². The maximum Gasteiger partial charge on any atom is 0.144 e. The molecule has 2 rings (SSSR count). The summed E-state index contributed by atoms with van der Waals surface area (Å²) in [5, 5.41) is 2.81. The van der Waals surface area contributed by atoms with Gasteiger partial charge in [0, 0.05) is 17.1 Å². The van der Waals surface area contributed by atoms with E-state index in [2.05, 4.69) is 4.98 Å². The first-order valence-corrected chi connectivity index (χ1v) is 6.60. The van der Waals surface area contributed by atoms with Crippen molar-refractivity contribution < 1.29 is 8.42 Å². The van der Waals surface area contributed by atoms with Gasteiger partial charge >= 0.3 is 0 Å². The van der Waals surface area contributed by atoms with Crippen molar-refractivity contribution >= 4 is 22.0 Å². The molecule has 0 saturated carbocycles. The van der Waals surface area contributed by atoms with Crippen molar-refractivity contribution in [3.63, 3.8) is 0 Å². The van der Waals surface area contributed by atoms with Crippen molar-refractivity contribution in [2.45, 2.75) is 5.75 Å². The molecule has 0 N–H and O–H groups in total. The molecule has 0 aliphatic heterocycles. The molecule has 15 heavy (non-hydrogen) atoms. The molecule has 0 radical (unpaired) electrons. The fourth-order valence-electron chi connectivity index (χ4n) is 1.32. The molecule has 0 atom stereocenters. The molecule has 3 nitrogen and oxygen atoms in total. The lowest BCUT2D eigenvalue weighted by Crippen LogP contribution is -1.87. The Bertz CT molecular complexity index is 510. The van der Waals surface area contributed by atoms with Crippen LogP contribution in [0.5, 0.6) is 0 Å². The van der Waals surface area contributed by atoms with Crippen molar-refractivity contribution in [1.82, 2.24) is 4.98 Å². The van der Waals surface area contributed by atoms with Gasteiger partial charge in [0.05, 0.1) is 5.75 Å². The highest BCUT2D eigenvalue weighted by Gasteiger charge is 2.01. The van der Waals surface area contributed by atoms with Gasteiger partial charge in [-0.3, -0.25) is 0 Å². The summed E-state index contributed by atoms with van der Waals surface area (Å²) in [4.78, 5) is 4.17. The summed E-state index contributed by atoms with van der Waals surface area (Å²) in [7, 11) is -2.36. The summed E-state index contributed by atoms with van der Waals surface area (Å²) in [6.07, 6.45) is 1.74. The zero-order valence-electron chi connectivity index (χ0n) is 7.79. The molecule has 0 fully saturated rings. The van der Waals surface area contributed by atoms with Crippen LogP contribution in [0.15, 0.2) is 35.8 Å². The lowest BCUT2D eigenvalue weighted by atomic mass is 10.1.